The number of thiazole rings is 1. The van der Waals surface area contributed by atoms with Crippen molar-refractivity contribution in [1.82, 2.24) is 4.98 Å². The van der Waals surface area contributed by atoms with Crippen molar-refractivity contribution in [2.75, 3.05) is 5.73 Å². The molecule has 19 heavy (non-hydrogen) atoms. The molecule has 1 fully saturated rings. The highest BCUT2D eigenvalue weighted by molar-refractivity contribution is 7.20. The second-order valence-corrected chi connectivity index (χ2v) is 6.31. The van der Waals surface area contributed by atoms with Crippen LogP contribution < -0.4 is 10.5 Å². The van der Waals surface area contributed by atoms with Gasteiger partial charge in [-0.25, -0.2) is 4.98 Å². The zero-order chi connectivity index (χ0) is 13.2. The molecule has 1 aliphatic rings. The molecule has 0 saturated heterocycles. The summed E-state index contributed by atoms with van der Waals surface area (Å²) in [6, 6.07) is 5.82. The maximum absolute atomic E-state index is 6.15. The van der Waals surface area contributed by atoms with Crippen LogP contribution in [0.25, 0.3) is 10.2 Å². The summed E-state index contributed by atoms with van der Waals surface area (Å²) in [5.41, 5.74) is 7.57. The quantitative estimate of drug-likeness (QED) is 0.854. The Kier molecular flexibility index (Phi) is 3.60. The van der Waals surface area contributed by atoms with Crippen LogP contribution in [-0.2, 0) is 0 Å². The topological polar surface area (TPSA) is 48.1 Å². The summed E-state index contributed by atoms with van der Waals surface area (Å²) in [4.78, 5) is 4.56. The van der Waals surface area contributed by atoms with Gasteiger partial charge in [0.1, 0.15) is 6.10 Å². The van der Waals surface area contributed by atoms with Gasteiger partial charge in [-0.15, -0.1) is 0 Å². The first-order valence-electron chi connectivity index (χ1n) is 7.09. The van der Waals surface area contributed by atoms with Crippen LogP contribution in [0.15, 0.2) is 18.2 Å². The third kappa shape index (κ3) is 2.68. The van der Waals surface area contributed by atoms with Crippen molar-refractivity contribution in [3.63, 3.8) is 0 Å². The van der Waals surface area contributed by atoms with E-state index in [4.69, 9.17) is 10.5 Å². The van der Waals surface area contributed by atoms with E-state index < -0.39 is 0 Å². The summed E-state index contributed by atoms with van der Waals surface area (Å²) in [6.45, 7) is 2.26. The van der Waals surface area contributed by atoms with Gasteiger partial charge >= 0.3 is 0 Å². The smallest absolute Gasteiger partial charge is 0.274 e. The molecule has 0 radical (unpaired) electrons. The van der Waals surface area contributed by atoms with Crippen LogP contribution in [-0.4, -0.2) is 11.1 Å². The number of anilines is 1. The van der Waals surface area contributed by atoms with Crippen LogP contribution in [0.4, 0.5) is 5.69 Å². The molecule has 1 aromatic carbocycles. The summed E-state index contributed by atoms with van der Waals surface area (Å²) in [5, 5.41) is 0.797. The van der Waals surface area contributed by atoms with Crippen LogP contribution in [0.5, 0.6) is 5.19 Å². The Morgan fingerprint density at radius 3 is 3.05 bits per heavy atom. The fraction of sp³-hybridized carbons (Fsp3) is 0.533. The van der Waals surface area contributed by atoms with Crippen molar-refractivity contribution in [3.05, 3.63) is 18.2 Å². The number of hydrogen-bond donors (Lipinski definition) is 1. The summed E-state index contributed by atoms with van der Waals surface area (Å²) >= 11 is 1.60. The summed E-state index contributed by atoms with van der Waals surface area (Å²) in [6.07, 6.45) is 6.61. The van der Waals surface area contributed by atoms with Crippen LogP contribution in [0.2, 0.25) is 0 Å². The van der Waals surface area contributed by atoms with E-state index in [1.54, 1.807) is 11.3 Å². The van der Waals surface area contributed by atoms with Crippen LogP contribution in [0, 0.1) is 5.92 Å². The molecule has 3 rings (SSSR count). The number of fused-ring (bicyclic) bond motifs is 1. The predicted molar refractivity (Wildman–Crippen MR) is 80.7 cm³/mol. The van der Waals surface area contributed by atoms with Gasteiger partial charge in [0, 0.05) is 5.69 Å². The average Bonchev–Trinajstić information content (AvgIpc) is 2.80. The summed E-state index contributed by atoms with van der Waals surface area (Å²) in [7, 11) is 0. The van der Waals surface area contributed by atoms with Crippen molar-refractivity contribution in [1.29, 1.82) is 0 Å². The van der Waals surface area contributed by atoms with Gasteiger partial charge in [0.15, 0.2) is 0 Å². The monoisotopic (exact) mass is 276 g/mol. The SMILES string of the molecule is CCC1CCCCC1Oc1nc2ccc(N)cc2s1. The maximum Gasteiger partial charge on any atom is 0.274 e. The normalized spacial score (nSPS) is 23.6. The van der Waals surface area contributed by atoms with Crippen LogP contribution in [0.3, 0.4) is 0 Å². The molecule has 2 unspecified atom stereocenters. The van der Waals surface area contributed by atoms with E-state index in [9.17, 15) is 0 Å². The van der Waals surface area contributed by atoms with Gasteiger partial charge in [0.05, 0.1) is 10.2 Å². The third-order valence-corrected chi connectivity index (χ3v) is 4.92. The molecule has 4 heteroatoms. The lowest BCUT2D eigenvalue weighted by Gasteiger charge is -2.30. The average molecular weight is 276 g/mol. The van der Waals surface area contributed by atoms with E-state index in [-0.39, 0.29) is 0 Å². The van der Waals surface area contributed by atoms with Gasteiger partial charge < -0.3 is 10.5 Å². The van der Waals surface area contributed by atoms with Gasteiger partial charge in [0.25, 0.3) is 5.19 Å². The standard InChI is InChI=1S/C15H20N2OS/c1-2-10-5-3-4-6-13(10)18-15-17-12-8-7-11(16)9-14(12)19-15/h7-10,13H,2-6,16H2,1H3. The molecule has 0 bridgehead atoms. The Balaban J connectivity index is 1.80. The van der Waals surface area contributed by atoms with Gasteiger partial charge in [0.2, 0.25) is 0 Å². The van der Waals surface area contributed by atoms with Gasteiger partial charge in [-0.1, -0.05) is 24.7 Å². The summed E-state index contributed by atoms with van der Waals surface area (Å²) < 4.78 is 7.26. The number of nitrogen functional groups attached to an aromatic ring is 1. The molecule has 1 aliphatic carbocycles. The number of nitrogens with two attached hydrogens (primary N) is 1. The van der Waals surface area contributed by atoms with E-state index >= 15 is 0 Å². The fourth-order valence-corrected chi connectivity index (χ4v) is 3.81. The first-order valence-corrected chi connectivity index (χ1v) is 7.90. The molecule has 1 aromatic heterocycles. The number of hydrogen-bond acceptors (Lipinski definition) is 4. The molecule has 1 heterocycles. The molecule has 3 nitrogen and oxygen atoms in total. The zero-order valence-electron chi connectivity index (χ0n) is 11.3. The maximum atomic E-state index is 6.15. The lowest BCUT2D eigenvalue weighted by atomic mass is 9.85. The number of ether oxygens (including phenoxy) is 1. The number of benzene rings is 1. The Morgan fingerprint density at radius 1 is 1.37 bits per heavy atom. The molecular weight excluding hydrogens is 256 g/mol. The predicted octanol–water partition coefficient (Wildman–Crippen LogP) is 4.23. The minimum Gasteiger partial charge on any atom is -0.466 e. The molecule has 0 spiro atoms. The molecule has 1 saturated carbocycles. The highest BCUT2D eigenvalue weighted by Crippen LogP contribution is 2.34. The fourth-order valence-electron chi connectivity index (χ4n) is 2.90. The van der Waals surface area contributed by atoms with E-state index in [0.29, 0.717) is 12.0 Å². The molecule has 2 aromatic rings. The second kappa shape index (κ2) is 5.37. The van der Waals surface area contributed by atoms with E-state index in [0.717, 1.165) is 27.5 Å². The Labute approximate surface area is 117 Å². The molecule has 0 amide bonds. The molecule has 2 N–H and O–H groups in total. The van der Waals surface area contributed by atoms with E-state index in [1.807, 2.05) is 18.2 Å². The van der Waals surface area contributed by atoms with E-state index in [1.165, 1.54) is 25.7 Å². The number of aromatic nitrogens is 1. The largest absolute Gasteiger partial charge is 0.466 e. The van der Waals surface area contributed by atoms with Crippen molar-refractivity contribution >= 4 is 27.2 Å². The van der Waals surface area contributed by atoms with Crippen molar-refractivity contribution in [2.24, 2.45) is 5.92 Å². The lowest BCUT2D eigenvalue weighted by molar-refractivity contribution is 0.0903. The summed E-state index contributed by atoms with van der Waals surface area (Å²) in [5.74, 6) is 0.686. The minimum absolute atomic E-state index is 0.344. The zero-order valence-corrected chi connectivity index (χ0v) is 12.1. The lowest BCUT2D eigenvalue weighted by Crippen LogP contribution is -2.29. The molecule has 2 atom stereocenters. The van der Waals surface area contributed by atoms with Gasteiger partial charge in [-0.3, -0.25) is 0 Å². The van der Waals surface area contributed by atoms with Crippen LogP contribution in [0.1, 0.15) is 39.0 Å². The van der Waals surface area contributed by atoms with Crippen molar-refractivity contribution in [3.8, 4) is 5.19 Å². The van der Waals surface area contributed by atoms with Crippen molar-refractivity contribution < 1.29 is 4.74 Å². The molecular formula is C15H20N2OS. The van der Waals surface area contributed by atoms with Crippen molar-refractivity contribution in [2.45, 2.75) is 45.1 Å². The molecule has 102 valence electrons. The third-order valence-electron chi connectivity index (χ3n) is 4.01. The Hall–Kier alpha value is -1.29. The minimum atomic E-state index is 0.344. The highest BCUT2D eigenvalue weighted by Gasteiger charge is 2.26. The van der Waals surface area contributed by atoms with Gasteiger partial charge in [-0.2, -0.15) is 0 Å². The Morgan fingerprint density at radius 2 is 2.21 bits per heavy atom. The first-order chi connectivity index (χ1) is 9.26. The number of nitrogens with zero attached hydrogens (tertiary/aromatic N) is 1. The van der Waals surface area contributed by atoms with Gasteiger partial charge in [-0.05, 0) is 49.8 Å². The second-order valence-electron chi connectivity index (χ2n) is 5.32. The molecule has 0 aliphatic heterocycles. The first kappa shape index (κ1) is 12.7. The Bertz CT molecular complexity index is 566. The highest BCUT2D eigenvalue weighted by atomic mass is 32.1. The number of rotatable bonds is 3. The van der Waals surface area contributed by atoms with E-state index in [2.05, 4.69) is 11.9 Å². The van der Waals surface area contributed by atoms with Crippen LogP contribution >= 0.6 is 11.3 Å².